The number of anilines is 2. The third-order valence-corrected chi connectivity index (χ3v) is 6.15. The first-order valence-electron chi connectivity index (χ1n) is 11.9. The number of hydrogen-bond acceptors (Lipinski definition) is 4. The van der Waals surface area contributed by atoms with Gasteiger partial charge in [0, 0.05) is 10.7 Å². The van der Waals surface area contributed by atoms with E-state index in [0.29, 0.717) is 16.8 Å². The Balaban J connectivity index is 0.000000248. The molecule has 0 unspecified atom stereocenters. The number of carbonyl (C=O) groups excluding carboxylic acids is 4. The van der Waals surface area contributed by atoms with Crippen molar-refractivity contribution in [3.8, 4) is 0 Å². The summed E-state index contributed by atoms with van der Waals surface area (Å²) < 4.78 is 80.6. The summed E-state index contributed by atoms with van der Waals surface area (Å²) in [5, 5.41) is 6.53. The summed E-state index contributed by atoms with van der Waals surface area (Å²) in [7, 11) is 0. The van der Waals surface area contributed by atoms with Gasteiger partial charge in [0.15, 0.2) is 11.6 Å². The third-order valence-electron chi connectivity index (χ3n) is 5.29. The zero-order valence-electron chi connectivity index (χ0n) is 21.9. The number of amides is 6. The fraction of sp³-hybridized carbons (Fsp3) is 0. The fourth-order valence-corrected chi connectivity index (χ4v) is 3.86. The highest BCUT2D eigenvalue weighted by Gasteiger charge is 2.22. The molecule has 17 heteroatoms. The van der Waals surface area contributed by atoms with Crippen LogP contribution in [-0.2, 0) is 0 Å². The van der Waals surface area contributed by atoms with E-state index in [2.05, 4.69) is 5.32 Å². The first-order valence-corrected chi connectivity index (χ1v) is 13.0. The Kier molecular flexibility index (Phi) is 11.8. The molecule has 6 amide bonds. The Morgan fingerprint density at radius 2 is 0.978 bits per heavy atom. The smallest absolute Gasteiger partial charge is 0.308 e. The highest BCUT2D eigenvalue weighted by molar-refractivity contribution is 6.35. The zero-order valence-corrected chi connectivity index (χ0v) is 24.2. The number of imide groups is 2. The molecule has 0 spiro atoms. The van der Waals surface area contributed by atoms with Gasteiger partial charge in [0.25, 0.3) is 11.8 Å². The minimum atomic E-state index is -1.40. The molecule has 0 heterocycles. The van der Waals surface area contributed by atoms with Crippen molar-refractivity contribution in [1.82, 2.24) is 10.6 Å². The van der Waals surface area contributed by atoms with Gasteiger partial charge in [-0.05, 0) is 54.6 Å². The van der Waals surface area contributed by atoms with Gasteiger partial charge in [-0.25, -0.2) is 35.9 Å². The number of urea groups is 2. The molecule has 0 aliphatic heterocycles. The van der Waals surface area contributed by atoms with Crippen LogP contribution in [0.2, 0.25) is 15.1 Å². The van der Waals surface area contributed by atoms with E-state index in [0.717, 1.165) is 36.4 Å². The standard InChI is InChI=1S/C14H6Cl2F4N2O2.C14H9ClF2N2O2/c15-5-4-8(12(20)10(16)11(5)19)21-14(24)22-13(23)9-6(17)2-1-3-7(9)18;15-8-4-6-9(7-5-8)18-14(21)19-13(20)12-10(16)2-1-3-11(12)17/h1-4H,(H2,21,22,23,24);1-7H,(H2,18,19,20,21). The molecule has 4 N–H and O–H groups in total. The van der Waals surface area contributed by atoms with Gasteiger partial charge in [-0.2, -0.15) is 0 Å². The summed E-state index contributed by atoms with van der Waals surface area (Å²) in [6.45, 7) is 0. The molecule has 0 radical (unpaired) electrons. The molecule has 0 saturated carbocycles. The molecule has 0 aromatic heterocycles. The van der Waals surface area contributed by atoms with Gasteiger partial charge in [-0.15, -0.1) is 0 Å². The van der Waals surface area contributed by atoms with Crippen LogP contribution >= 0.6 is 34.8 Å². The Labute approximate surface area is 264 Å². The average Bonchev–Trinajstić information content (AvgIpc) is 2.96. The maximum Gasteiger partial charge on any atom is 0.326 e. The molecular weight excluding hydrogens is 677 g/mol. The van der Waals surface area contributed by atoms with Crippen LogP contribution in [0.3, 0.4) is 0 Å². The van der Waals surface area contributed by atoms with Crippen LogP contribution in [0.15, 0.2) is 66.7 Å². The van der Waals surface area contributed by atoms with Gasteiger partial charge in [0.1, 0.15) is 39.4 Å². The van der Waals surface area contributed by atoms with Crippen molar-refractivity contribution in [1.29, 1.82) is 0 Å². The van der Waals surface area contributed by atoms with Crippen LogP contribution in [0.1, 0.15) is 20.7 Å². The molecule has 0 atom stereocenters. The lowest BCUT2D eigenvalue weighted by Gasteiger charge is -2.10. The number of benzene rings is 4. The first kappa shape index (κ1) is 34.7. The highest BCUT2D eigenvalue weighted by atomic mass is 35.5. The van der Waals surface area contributed by atoms with Crippen LogP contribution in [0, 0.1) is 34.9 Å². The summed E-state index contributed by atoms with van der Waals surface area (Å²) in [6.07, 6.45) is 0. The third kappa shape index (κ3) is 9.11. The van der Waals surface area contributed by atoms with Crippen molar-refractivity contribution in [2.45, 2.75) is 0 Å². The van der Waals surface area contributed by atoms with Gasteiger partial charge >= 0.3 is 12.1 Å². The van der Waals surface area contributed by atoms with Crippen LogP contribution < -0.4 is 21.3 Å². The molecule has 4 aromatic carbocycles. The van der Waals surface area contributed by atoms with Crippen LogP contribution in [-0.4, -0.2) is 23.9 Å². The molecule has 234 valence electrons. The monoisotopic (exact) mass is 690 g/mol. The zero-order chi connectivity index (χ0) is 33.4. The minimum Gasteiger partial charge on any atom is -0.308 e. The summed E-state index contributed by atoms with van der Waals surface area (Å²) in [6, 6.07) is 10.2. The molecule has 8 nitrogen and oxygen atoms in total. The maximum absolute atomic E-state index is 13.7. The normalized spacial score (nSPS) is 10.2. The molecule has 0 aliphatic carbocycles. The van der Waals surface area contributed by atoms with Gasteiger partial charge in [0.2, 0.25) is 0 Å². The quantitative estimate of drug-likeness (QED) is 0.0984. The van der Waals surface area contributed by atoms with E-state index in [-0.39, 0.29) is 0 Å². The molecular formula is C28H15Cl3F6N4O4. The lowest BCUT2D eigenvalue weighted by molar-refractivity contribution is 0.0948. The SMILES string of the molecule is O=C(NC(=O)c1c(F)cccc1F)Nc1cc(Cl)c(F)c(Cl)c1F.O=C(NC(=O)c1c(F)cccc1F)Nc1ccc(Cl)cc1. The van der Waals surface area contributed by atoms with E-state index in [1.54, 1.807) is 5.32 Å². The Morgan fingerprint density at radius 1 is 0.556 bits per heavy atom. The second kappa shape index (κ2) is 15.3. The number of nitrogens with one attached hydrogen (secondary N) is 4. The number of carbonyl (C=O) groups is 4. The van der Waals surface area contributed by atoms with Crippen LogP contribution in [0.5, 0.6) is 0 Å². The van der Waals surface area contributed by atoms with Crippen molar-refractivity contribution >= 4 is 70.1 Å². The van der Waals surface area contributed by atoms with E-state index in [4.69, 9.17) is 34.8 Å². The van der Waals surface area contributed by atoms with Crippen molar-refractivity contribution in [3.63, 3.8) is 0 Å². The molecule has 0 aliphatic rings. The fourth-order valence-electron chi connectivity index (χ4n) is 3.27. The predicted molar refractivity (Wildman–Crippen MR) is 154 cm³/mol. The molecule has 0 bridgehead atoms. The molecule has 0 fully saturated rings. The van der Waals surface area contributed by atoms with Gasteiger partial charge in [0.05, 0.1) is 10.7 Å². The van der Waals surface area contributed by atoms with Gasteiger partial charge < -0.3 is 10.6 Å². The van der Waals surface area contributed by atoms with Crippen molar-refractivity contribution in [2.24, 2.45) is 0 Å². The highest BCUT2D eigenvalue weighted by Crippen LogP contribution is 2.31. The summed E-state index contributed by atoms with van der Waals surface area (Å²) in [5.41, 5.74) is -2.07. The lowest BCUT2D eigenvalue weighted by atomic mass is 10.2. The topological polar surface area (TPSA) is 116 Å². The summed E-state index contributed by atoms with van der Waals surface area (Å²) in [4.78, 5) is 46.6. The Morgan fingerprint density at radius 3 is 1.42 bits per heavy atom. The van der Waals surface area contributed by atoms with E-state index < -0.39 is 85.6 Å². The molecule has 45 heavy (non-hydrogen) atoms. The Bertz CT molecular complexity index is 1760. The van der Waals surface area contributed by atoms with Crippen LogP contribution in [0.4, 0.5) is 47.3 Å². The van der Waals surface area contributed by atoms with Crippen molar-refractivity contribution in [2.75, 3.05) is 10.6 Å². The van der Waals surface area contributed by atoms with E-state index in [1.807, 2.05) is 10.6 Å². The van der Waals surface area contributed by atoms with Crippen molar-refractivity contribution < 1.29 is 45.5 Å². The summed E-state index contributed by atoms with van der Waals surface area (Å²) >= 11 is 16.5. The number of hydrogen-bond donors (Lipinski definition) is 4. The molecule has 4 aromatic rings. The largest absolute Gasteiger partial charge is 0.326 e. The number of halogens is 9. The Hall–Kier alpha value is -4.79. The second-order valence-corrected chi connectivity index (χ2v) is 9.59. The van der Waals surface area contributed by atoms with Gasteiger partial charge in [-0.1, -0.05) is 46.9 Å². The van der Waals surface area contributed by atoms with Crippen molar-refractivity contribution in [3.05, 3.63) is 128 Å². The van der Waals surface area contributed by atoms with Crippen LogP contribution in [0.25, 0.3) is 0 Å². The first-order chi connectivity index (χ1) is 21.2. The number of rotatable bonds is 4. The van der Waals surface area contributed by atoms with E-state index >= 15 is 0 Å². The average molecular weight is 692 g/mol. The lowest BCUT2D eigenvalue weighted by Crippen LogP contribution is -2.35. The maximum atomic E-state index is 13.7. The summed E-state index contributed by atoms with van der Waals surface area (Å²) in [5.74, 6) is -9.62. The second-order valence-electron chi connectivity index (χ2n) is 8.36. The van der Waals surface area contributed by atoms with E-state index in [1.165, 1.54) is 24.3 Å². The van der Waals surface area contributed by atoms with E-state index in [9.17, 15) is 45.5 Å². The van der Waals surface area contributed by atoms with Gasteiger partial charge in [-0.3, -0.25) is 20.2 Å². The minimum absolute atomic E-state index is 0.374. The molecule has 0 saturated heterocycles. The molecule has 4 rings (SSSR count). The predicted octanol–water partition coefficient (Wildman–Crippen LogP) is 8.09.